The molecule has 7 heterocycles. The number of rotatable bonds is 12. The molecule has 0 spiro atoms. The van der Waals surface area contributed by atoms with Crippen molar-refractivity contribution in [2.75, 3.05) is 0 Å². The molecule has 7 heteroatoms. The van der Waals surface area contributed by atoms with Crippen molar-refractivity contribution < 1.29 is 0 Å². The molecule has 0 saturated carbocycles. The summed E-state index contributed by atoms with van der Waals surface area (Å²) in [5.41, 5.74) is 43.8. The van der Waals surface area contributed by atoms with Crippen LogP contribution < -0.4 is 0 Å². The lowest BCUT2D eigenvalue weighted by atomic mass is 9.68. The number of hydrogen-bond acceptors (Lipinski definition) is 1. The van der Waals surface area contributed by atoms with Crippen molar-refractivity contribution in [1.29, 1.82) is 0 Å². The first-order valence-electron chi connectivity index (χ1n) is 51.2. The predicted octanol–water partition coefficient (Wildman–Crippen LogP) is 36.4. The fourth-order valence-corrected chi connectivity index (χ4v) is 25.1. The maximum Gasteiger partial charge on any atom is 0.0713 e. The first-order valence-corrected chi connectivity index (χ1v) is 51.2. The number of benzene rings is 22. The van der Waals surface area contributed by atoms with Crippen molar-refractivity contribution in [2.24, 2.45) is 0 Å². The molecule has 0 bridgehead atoms. The van der Waals surface area contributed by atoms with Crippen LogP contribution in [-0.4, -0.2) is 32.4 Å². The zero-order valence-corrected chi connectivity index (χ0v) is 81.5. The van der Waals surface area contributed by atoms with Gasteiger partial charge in [-0.3, -0.25) is 4.98 Å². The number of pyridine rings is 1. The standard InChI is InChI=1S/C55H36N2.C45H32N2.C41H27N3/c1-4-16-39(17-5-1)55(40-18-6-2-7-19-40)49-25-13-10-22-43(49)46-36-42(30-31-50(46)55)57-52-27-15-12-24-45(52)48-35-38(29-33-54(48)57)37-28-32-53-47(34-37)44-23-11-14-26-51(44)56(53)41-20-8-3-9-21-41;1-45(2)39-17-9-6-14-33(39)36-28-32(22-23-40(36)45)47-42-19-11-8-16-35(42)38-27-30(21-25-44(38)47)29-20-24-43-37(26-29)34-15-7-10-18-41(34)46(43)31-12-4-3-5-13-31;1-2-10-31(11-3-1)43-38-15-6-4-12-33(38)35-26-29(19-23-40(35)43)30-20-24-41-36(27-30)34-13-5-7-16-39(34)44(41)32-21-17-28(18-22-32)37-14-8-9-25-42-37/h1-36H;3-28H,1-2H3;1-27H. The van der Waals surface area contributed by atoms with E-state index in [9.17, 15) is 0 Å². The van der Waals surface area contributed by atoms with Gasteiger partial charge in [-0.2, -0.15) is 0 Å². The van der Waals surface area contributed by atoms with E-state index in [1.54, 1.807) is 0 Å². The zero-order valence-electron chi connectivity index (χ0n) is 81.5. The Hall–Kier alpha value is -19.2. The fourth-order valence-electron chi connectivity index (χ4n) is 25.1. The highest BCUT2D eigenvalue weighted by atomic mass is 15.0. The van der Waals surface area contributed by atoms with Gasteiger partial charge in [-0.25, -0.2) is 0 Å². The minimum absolute atomic E-state index is 0.00527. The van der Waals surface area contributed by atoms with Crippen molar-refractivity contribution in [3.05, 3.63) is 573 Å². The molecule has 31 rings (SSSR count). The predicted molar refractivity (Wildman–Crippen MR) is 620 cm³/mol. The van der Waals surface area contributed by atoms with Crippen LogP contribution in [0.3, 0.4) is 0 Å². The SMILES string of the molecule is CC1(C)c2ccccc2-c2cc(-n3c4ccccc4c4cc(-c5ccc6c(c5)c5ccccc5n6-c5ccccc5)ccc43)ccc21.c1ccc(-n2c3ccccc3c3cc(-c4ccc5c(c4)c4ccccc4n5-c4ccc(-c5ccccn5)cc4)ccc32)cc1.c1ccc(-n2c3ccccc3c3cc(-c4ccc5c(c4)c4ccccc4n5-c4ccc5c(c4)-c4ccccc4C5(c4ccccc4)c4ccccc4)ccc32)cc1. The van der Waals surface area contributed by atoms with E-state index in [4.69, 9.17) is 0 Å². The maximum absolute atomic E-state index is 4.52. The van der Waals surface area contributed by atoms with E-state index >= 15 is 0 Å². The third kappa shape index (κ3) is 13.4. The molecule has 0 aliphatic heterocycles. The lowest BCUT2D eigenvalue weighted by Crippen LogP contribution is -2.28. The fraction of sp³-hybridized carbons (Fsp3) is 0.0284. The third-order valence-electron chi connectivity index (χ3n) is 31.7. The van der Waals surface area contributed by atoms with E-state index in [-0.39, 0.29) is 5.41 Å². The molecular weight excluding hydrogens is 1790 g/mol. The number of fused-ring (bicyclic) bond motifs is 24. The summed E-state index contributed by atoms with van der Waals surface area (Å²) >= 11 is 0. The Bertz CT molecular complexity index is 10300. The quantitative estimate of drug-likeness (QED) is 0.120. The molecule has 29 aromatic rings. The van der Waals surface area contributed by atoms with Crippen molar-refractivity contribution >= 4 is 131 Å². The second-order valence-corrected chi connectivity index (χ2v) is 39.9. The molecule has 148 heavy (non-hydrogen) atoms. The van der Waals surface area contributed by atoms with Crippen LogP contribution in [0.1, 0.15) is 47.2 Å². The Morgan fingerprint density at radius 2 is 0.385 bits per heavy atom. The van der Waals surface area contributed by atoms with Gasteiger partial charge in [-0.15, -0.1) is 0 Å². The van der Waals surface area contributed by atoms with Gasteiger partial charge in [0, 0.05) is 116 Å². The summed E-state index contributed by atoms with van der Waals surface area (Å²) in [6.45, 7) is 4.69. The average molecular weight is 1890 g/mol. The first kappa shape index (κ1) is 85.6. The molecule has 0 radical (unpaired) electrons. The van der Waals surface area contributed by atoms with Gasteiger partial charge in [0.15, 0.2) is 0 Å². The van der Waals surface area contributed by atoms with Crippen LogP contribution in [0.25, 0.3) is 232 Å². The molecule has 7 nitrogen and oxygen atoms in total. The van der Waals surface area contributed by atoms with Gasteiger partial charge in [0.2, 0.25) is 0 Å². The summed E-state index contributed by atoms with van der Waals surface area (Å²) < 4.78 is 14.4. The molecule has 0 amide bonds. The van der Waals surface area contributed by atoms with Gasteiger partial charge in [0.25, 0.3) is 0 Å². The molecule has 22 aromatic carbocycles. The molecular formula is C141H95N7. The Morgan fingerprint density at radius 3 is 0.716 bits per heavy atom. The number of aromatic nitrogens is 7. The smallest absolute Gasteiger partial charge is 0.0713 e. The van der Waals surface area contributed by atoms with E-state index < -0.39 is 5.41 Å². The van der Waals surface area contributed by atoms with E-state index in [1.807, 2.05) is 24.4 Å². The second-order valence-electron chi connectivity index (χ2n) is 39.9. The summed E-state index contributed by atoms with van der Waals surface area (Å²) in [7, 11) is 0. The van der Waals surface area contributed by atoms with Crippen LogP contribution in [0.5, 0.6) is 0 Å². The average Bonchev–Trinajstić information content (AvgIpc) is 1.53. The van der Waals surface area contributed by atoms with E-state index in [2.05, 4.69) is 562 Å². The lowest BCUT2D eigenvalue weighted by Gasteiger charge is -2.33. The first-order chi connectivity index (χ1) is 73.2. The van der Waals surface area contributed by atoms with Crippen LogP contribution in [0, 0.1) is 0 Å². The molecule has 0 saturated heterocycles. The highest BCUT2D eigenvalue weighted by molar-refractivity contribution is 6.18. The Labute approximate surface area is 856 Å². The highest BCUT2D eigenvalue weighted by Crippen LogP contribution is 2.58. The van der Waals surface area contributed by atoms with Gasteiger partial charge in [0.05, 0.1) is 77.3 Å². The van der Waals surface area contributed by atoms with E-state index in [1.165, 1.54) is 243 Å². The van der Waals surface area contributed by atoms with Crippen molar-refractivity contribution in [1.82, 2.24) is 32.4 Å². The molecule has 2 aliphatic rings. The highest BCUT2D eigenvalue weighted by Gasteiger charge is 2.46. The summed E-state index contributed by atoms with van der Waals surface area (Å²) in [6.07, 6.45) is 1.84. The number of para-hydroxylation sites is 9. The van der Waals surface area contributed by atoms with Gasteiger partial charge in [-0.1, -0.05) is 354 Å². The minimum Gasteiger partial charge on any atom is -0.309 e. The molecule has 694 valence electrons. The number of hydrogen-bond donors (Lipinski definition) is 0. The molecule has 0 fully saturated rings. The normalized spacial score (nSPS) is 12.8. The van der Waals surface area contributed by atoms with Crippen LogP contribution in [0.15, 0.2) is 540 Å². The van der Waals surface area contributed by atoms with E-state index in [0.29, 0.717) is 0 Å². The third-order valence-corrected chi connectivity index (χ3v) is 31.7. The monoisotopic (exact) mass is 1890 g/mol. The molecule has 0 N–H and O–H groups in total. The number of nitrogens with zero attached hydrogens (tertiary/aromatic N) is 7. The Kier molecular flexibility index (Phi) is 19.8. The summed E-state index contributed by atoms with van der Waals surface area (Å²) in [5.74, 6) is 0. The largest absolute Gasteiger partial charge is 0.309 e. The maximum atomic E-state index is 4.52. The molecule has 0 atom stereocenters. The van der Waals surface area contributed by atoms with Crippen molar-refractivity contribution in [3.63, 3.8) is 0 Å². The topological polar surface area (TPSA) is 42.5 Å². The molecule has 0 unspecified atom stereocenters. The second kappa shape index (κ2) is 34.3. The Morgan fingerprint density at radius 1 is 0.155 bits per heavy atom. The lowest BCUT2D eigenvalue weighted by molar-refractivity contribution is 0.660. The van der Waals surface area contributed by atoms with Crippen LogP contribution >= 0.6 is 0 Å². The van der Waals surface area contributed by atoms with Gasteiger partial charge >= 0.3 is 0 Å². The minimum atomic E-state index is -0.419. The summed E-state index contributed by atoms with van der Waals surface area (Å²) in [6, 6.07) is 195. The van der Waals surface area contributed by atoms with Gasteiger partial charge in [0.1, 0.15) is 0 Å². The zero-order chi connectivity index (χ0) is 97.8. The van der Waals surface area contributed by atoms with Crippen LogP contribution in [0.4, 0.5) is 0 Å². The van der Waals surface area contributed by atoms with Gasteiger partial charge < -0.3 is 27.4 Å². The molecule has 2 aliphatic carbocycles. The van der Waals surface area contributed by atoms with Crippen molar-refractivity contribution in [3.8, 4) is 101 Å². The van der Waals surface area contributed by atoms with Crippen LogP contribution in [-0.2, 0) is 10.8 Å². The van der Waals surface area contributed by atoms with Crippen molar-refractivity contribution in [2.45, 2.75) is 24.7 Å². The van der Waals surface area contributed by atoms with Crippen LogP contribution in [0.2, 0.25) is 0 Å². The summed E-state index contributed by atoms with van der Waals surface area (Å²) in [4.78, 5) is 4.52. The Balaban J connectivity index is 0.000000106. The molecule has 7 aromatic heterocycles. The summed E-state index contributed by atoms with van der Waals surface area (Å²) in [5, 5.41) is 15.1. The van der Waals surface area contributed by atoms with Gasteiger partial charge in [-0.05, 0) is 283 Å². The van der Waals surface area contributed by atoms with E-state index in [0.717, 1.165) is 22.6 Å².